The molecule has 1 atom stereocenters. The van der Waals surface area contributed by atoms with E-state index in [-0.39, 0.29) is 16.6 Å². The molecular formula is C10H12FNO2S. The minimum Gasteiger partial charge on any atom is -0.384 e. The third-order valence-electron chi connectivity index (χ3n) is 2.42. The van der Waals surface area contributed by atoms with Gasteiger partial charge in [-0.15, -0.1) is 0 Å². The highest BCUT2D eigenvalue weighted by Crippen LogP contribution is 2.29. The Kier molecular flexibility index (Phi) is 2.42. The van der Waals surface area contributed by atoms with Gasteiger partial charge in [-0.1, -0.05) is 13.0 Å². The van der Waals surface area contributed by atoms with E-state index in [2.05, 4.69) is 5.32 Å². The van der Waals surface area contributed by atoms with Gasteiger partial charge < -0.3 is 5.32 Å². The average molecular weight is 229 g/mol. The number of rotatable bonds is 0. The Hall–Kier alpha value is -1.10. The Morgan fingerprint density at radius 1 is 1.47 bits per heavy atom. The second kappa shape index (κ2) is 3.48. The molecule has 82 valence electrons. The summed E-state index contributed by atoms with van der Waals surface area (Å²) in [5.41, 5.74) is 0.374. The Bertz CT molecular complexity index is 484. The van der Waals surface area contributed by atoms with E-state index in [1.165, 1.54) is 12.1 Å². The van der Waals surface area contributed by atoms with Crippen LogP contribution in [0.5, 0.6) is 0 Å². The molecule has 0 spiro atoms. The molecule has 1 aromatic rings. The molecule has 2 rings (SSSR count). The van der Waals surface area contributed by atoms with E-state index in [1.54, 1.807) is 6.07 Å². The predicted molar refractivity (Wildman–Crippen MR) is 56.1 cm³/mol. The fraction of sp³-hybridized carbons (Fsp3) is 0.400. The van der Waals surface area contributed by atoms with Crippen molar-refractivity contribution in [2.24, 2.45) is 5.92 Å². The van der Waals surface area contributed by atoms with Crippen LogP contribution < -0.4 is 5.32 Å². The van der Waals surface area contributed by atoms with Crippen molar-refractivity contribution >= 4 is 15.5 Å². The van der Waals surface area contributed by atoms with Gasteiger partial charge in [0, 0.05) is 6.54 Å². The molecule has 1 heterocycles. The Morgan fingerprint density at radius 3 is 2.93 bits per heavy atom. The number of benzene rings is 1. The number of halogens is 1. The molecule has 0 bridgehead atoms. The molecule has 1 unspecified atom stereocenters. The van der Waals surface area contributed by atoms with Gasteiger partial charge in [-0.2, -0.15) is 0 Å². The van der Waals surface area contributed by atoms with Gasteiger partial charge in [0.2, 0.25) is 0 Å². The fourth-order valence-corrected chi connectivity index (χ4v) is 3.64. The summed E-state index contributed by atoms with van der Waals surface area (Å²) in [7, 11) is -3.50. The Labute approximate surface area is 88.2 Å². The lowest BCUT2D eigenvalue weighted by molar-refractivity contribution is 0.562. The number of hydrogen-bond acceptors (Lipinski definition) is 3. The topological polar surface area (TPSA) is 46.2 Å². The zero-order valence-corrected chi connectivity index (χ0v) is 9.14. The minimum atomic E-state index is -3.50. The van der Waals surface area contributed by atoms with Gasteiger partial charge in [0.25, 0.3) is 0 Å². The van der Waals surface area contributed by atoms with E-state index < -0.39 is 15.7 Å². The lowest BCUT2D eigenvalue weighted by atomic mass is 10.2. The van der Waals surface area contributed by atoms with Crippen LogP contribution in [0.25, 0.3) is 0 Å². The van der Waals surface area contributed by atoms with Crippen LogP contribution in [0.2, 0.25) is 0 Å². The maximum atomic E-state index is 13.5. The van der Waals surface area contributed by atoms with Crippen LogP contribution in [-0.4, -0.2) is 20.7 Å². The number of hydrogen-bond donors (Lipinski definition) is 1. The van der Waals surface area contributed by atoms with Crippen LogP contribution in [0.1, 0.15) is 6.92 Å². The molecule has 1 N–H and O–H groups in total. The lowest BCUT2D eigenvalue weighted by Crippen LogP contribution is -2.16. The first kappa shape index (κ1) is 10.4. The molecule has 0 saturated carbocycles. The third-order valence-corrected chi connectivity index (χ3v) is 4.47. The summed E-state index contributed by atoms with van der Waals surface area (Å²) in [6.45, 7) is 2.38. The van der Waals surface area contributed by atoms with Crippen molar-refractivity contribution in [1.82, 2.24) is 0 Å². The highest BCUT2D eigenvalue weighted by Gasteiger charge is 2.28. The molecule has 5 heteroatoms. The lowest BCUT2D eigenvalue weighted by Gasteiger charge is -2.07. The van der Waals surface area contributed by atoms with Crippen LogP contribution >= 0.6 is 0 Å². The largest absolute Gasteiger partial charge is 0.384 e. The highest BCUT2D eigenvalue weighted by molar-refractivity contribution is 7.91. The summed E-state index contributed by atoms with van der Waals surface area (Å²) in [6, 6.07) is 4.27. The minimum absolute atomic E-state index is 0.00602. The zero-order chi connectivity index (χ0) is 11.1. The van der Waals surface area contributed by atoms with E-state index in [0.29, 0.717) is 12.2 Å². The first-order valence-corrected chi connectivity index (χ1v) is 6.41. The third kappa shape index (κ3) is 1.84. The fourth-order valence-electron chi connectivity index (χ4n) is 1.77. The van der Waals surface area contributed by atoms with Crippen LogP contribution in [-0.2, 0) is 9.84 Å². The maximum Gasteiger partial charge on any atom is 0.183 e. The van der Waals surface area contributed by atoms with Crippen molar-refractivity contribution in [3.63, 3.8) is 0 Å². The number of fused-ring (bicyclic) bond motifs is 1. The molecule has 1 aromatic carbocycles. The van der Waals surface area contributed by atoms with E-state index >= 15 is 0 Å². The summed E-state index contributed by atoms with van der Waals surface area (Å²) in [5.74, 6) is -0.690. The zero-order valence-electron chi connectivity index (χ0n) is 8.33. The second-order valence-corrected chi connectivity index (χ2v) is 5.86. The first-order valence-electron chi connectivity index (χ1n) is 4.76. The molecule has 0 aliphatic carbocycles. The molecule has 0 radical (unpaired) electrons. The van der Waals surface area contributed by atoms with Crippen LogP contribution in [0.3, 0.4) is 0 Å². The smallest absolute Gasteiger partial charge is 0.183 e. The monoisotopic (exact) mass is 229 g/mol. The van der Waals surface area contributed by atoms with Gasteiger partial charge in [0.1, 0.15) is 10.7 Å². The number of nitrogens with one attached hydrogen (secondary N) is 1. The molecule has 0 amide bonds. The molecule has 0 fully saturated rings. The second-order valence-electron chi connectivity index (χ2n) is 3.88. The van der Waals surface area contributed by atoms with Gasteiger partial charge in [0.05, 0.1) is 11.4 Å². The summed E-state index contributed by atoms with van der Waals surface area (Å²) >= 11 is 0. The molecule has 0 aromatic heterocycles. The van der Waals surface area contributed by atoms with Crippen LogP contribution in [0, 0.1) is 11.7 Å². The summed E-state index contributed by atoms with van der Waals surface area (Å²) in [6.07, 6.45) is 0. The standard InChI is InChI=1S/C10H12FNO2S/c1-7-5-12-9-4-2-3-8(11)10(9)15(13,14)6-7/h2-4,7,12H,5-6H2,1H3. The molecule has 15 heavy (non-hydrogen) atoms. The maximum absolute atomic E-state index is 13.5. The van der Waals surface area contributed by atoms with Crippen LogP contribution in [0.15, 0.2) is 23.1 Å². The van der Waals surface area contributed by atoms with E-state index in [9.17, 15) is 12.8 Å². The molecule has 3 nitrogen and oxygen atoms in total. The molecule has 1 aliphatic rings. The molecule has 0 saturated heterocycles. The van der Waals surface area contributed by atoms with Crippen molar-refractivity contribution in [3.8, 4) is 0 Å². The van der Waals surface area contributed by atoms with Crippen LogP contribution in [0.4, 0.5) is 10.1 Å². The number of anilines is 1. The van der Waals surface area contributed by atoms with Gasteiger partial charge >= 0.3 is 0 Å². The van der Waals surface area contributed by atoms with Crippen molar-refractivity contribution in [1.29, 1.82) is 0 Å². The SMILES string of the molecule is CC1CNc2cccc(F)c2S(=O)(=O)C1. The van der Waals surface area contributed by atoms with Crippen molar-refractivity contribution in [2.75, 3.05) is 17.6 Å². The van der Waals surface area contributed by atoms with Crippen molar-refractivity contribution < 1.29 is 12.8 Å². The summed E-state index contributed by atoms with van der Waals surface area (Å²) < 4.78 is 37.1. The average Bonchev–Trinajstić information content (AvgIpc) is 2.23. The van der Waals surface area contributed by atoms with Gasteiger partial charge in [-0.25, -0.2) is 12.8 Å². The van der Waals surface area contributed by atoms with E-state index in [4.69, 9.17) is 0 Å². The molecular weight excluding hydrogens is 217 g/mol. The summed E-state index contributed by atoms with van der Waals surface area (Å²) in [5, 5.41) is 2.95. The van der Waals surface area contributed by atoms with E-state index in [0.717, 1.165) is 0 Å². The van der Waals surface area contributed by atoms with E-state index in [1.807, 2.05) is 6.92 Å². The van der Waals surface area contributed by atoms with Crippen molar-refractivity contribution in [2.45, 2.75) is 11.8 Å². The summed E-state index contributed by atoms with van der Waals surface area (Å²) in [4.78, 5) is -0.186. The van der Waals surface area contributed by atoms with Gasteiger partial charge in [0.15, 0.2) is 9.84 Å². The van der Waals surface area contributed by atoms with Gasteiger partial charge in [-0.3, -0.25) is 0 Å². The van der Waals surface area contributed by atoms with Gasteiger partial charge in [-0.05, 0) is 18.1 Å². The highest BCUT2D eigenvalue weighted by atomic mass is 32.2. The number of sulfone groups is 1. The van der Waals surface area contributed by atoms with Crippen molar-refractivity contribution in [3.05, 3.63) is 24.0 Å². The Balaban J connectivity index is 2.65. The predicted octanol–water partition coefficient (Wildman–Crippen LogP) is 1.66. The quantitative estimate of drug-likeness (QED) is 0.736. The molecule has 1 aliphatic heterocycles. The first-order chi connectivity index (χ1) is 7.00. The normalized spacial score (nSPS) is 23.7. The Morgan fingerprint density at radius 2 is 2.20 bits per heavy atom.